The Labute approximate surface area is 102 Å². The fourth-order valence-electron chi connectivity index (χ4n) is 2.22. The molecule has 0 saturated carbocycles. The molecule has 1 aromatic rings. The highest BCUT2D eigenvalue weighted by atomic mass is 32.2. The maximum absolute atomic E-state index is 4.18. The third-order valence-corrected chi connectivity index (χ3v) is 4.73. The average Bonchev–Trinajstić information content (AvgIpc) is 2.60. The fourth-order valence-corrected chi connectivity index (χ4v) is 3.53. The van der Waals surface area contributed by atoms with E-state index in [0.29, 0.717) is 11.5 Å². The van der Waals surface area contributed by atoms with Crippen molar-refractivity contribution >= 4 is 11.8 Å². The zero-order chi connectivity index (χ0) is 11.6. The van der Waals surface area contributed by atoms with Crippen LogP contribution in [0.1, 0.15) is 26.0 Å². The molecule has 1 atom stereocenters. The smallest absolute Gasteiger partial charge is 0.0518 e. The van der Waals surface area contributed by atoms with E-state index in [1.807, 2.05) is 17.9 Å². The number of rotatable bonds is 3. The lowest BCUT2D eigenvalue weighted by atomic mass is 9.88. The minimum atomic E-state index is 0.479. The molecular weight excluding hydrogens is 218 g/mol. The Balaban J connectivity index is 1.84. The van der Waals surface area contributed by atoms with E-state index in [1.54, 1.807) is 0 Å². The van der Waals surface area contributed by atoms with Crippen LogP contribution < -0.4 is 5.32 Å². The van der Waals surface area contributed by atoms with Crippen molar-refractivity contribution in [3.63, 3.8) is 0 Å². The van der Waals surface area contributed by atoms with E-state index in [9.17, 15) is 0 Å². The molecule has 0 radical (unpaired) electrons. The van der Waals surface area contributed by atoms with Gasteiger partial charge in [0.05, 0.1) is 5.69 Å². The third kappa shape index (κ3) is 3.01. The molecule has 0 amide bonds. The van der Waals surface area contributed by atoms with Gasteiger partial charge >= 0.3 is 0 Å². The highest BCUT2D eigenvalue weighted by molar-refractivity contribution is 7.99. The maximum Gasteiger partial charge on any atom is 0.0518 e. The van der Waals surface area contributed by atoms with E-state index in [0.717, 1.165) is 6.54 Å². The summed E-state index contributed by atoms with van der Waals surface area (Å²) in [5, 5.41) is 7.82. The van der Waals surface area contributed by atoms with E-state index < -0.39 is 0 Å². The summed E-state index contributed by atoms with van der Waals surface area (Å²) in [5.74, 6) is 2.53. The van der Waals surface area contributed by atoms with Gasteiger partial charge in [0.25, 0.3) is 0 Å². The van der Waals surface area contributed by atoms with Crippen molar-refractivity contribution in [3.05, 3.63) is 18.0 Å². The summed E-state index contributed by atoms with van der Waals surface area (Å²) in [5.41, 5.74) is 1.74. The molecule has 1 N–H and O–H groups in total. The lowest BCUT2D eigenvalue weighted by Gasteiger charge is -2.35. The Morgan fingerprint density at radius 3 is 3.06 bits per heavy atom. The second-order valence-electron chi connectivity index (χ2n) is 5.41. The minimum absolute atomic E-state index is 0.479. The standard InChI is InChI=1S/C12H21N3S/c1-12(2)6-10(8-16-9-12)13-7-11-4-5-14-15(11)3/h4-5,10,13H,6-9H2,1-3H3. The van der Waals surface area contributed by atoms with Crippen molar-refractivity contribution in [2.45, 2.75) is 32.9 Å². The SMILES string of the molecule is Cn1nccc1CNC1CSCC(C)(C)C1. The van der Waals surface area contributed by atoms with Crippen LogP contribution in [-0.4, -0.2) is 27.3 Å². The molecule has 0 bridgehead atoms. The van der Waals surface area contributed by atoms with Crippen molar-refractivity contribution in [2.75, 3.05) is 11.5 Å². The predicted octanol–water partition coefficient (Wildman–Crippen LogP) is 2.04. The zero-order valence-electron chi connectivity index (χ0n) is 10.4. The fraction of sp³-hybridized carbons (Fsp3) is 0.750. The first-order valence-corrected chi connectivity index (χ1v) is 7.00. The lowest BCUT2D eigenvalue weighted by molar-refractivity contribution is 0.316. The molecule has 1 unspecified atom stereocenters. The zero-order valence-corrected chi connectivity index (χ0v) is 11.2. The Hall–Kier alpha value is -0.480. The number of nitrogens with one attached hydrogen (secondary N) is 1. The number of hydrogen-bond donors (Lipinski definition) is 1. The Morgan fingerprint density at radius 1 is 1.62 bits per heavy atom. The molecule has 1 aliphatic heterocycles. The van der Waals surface area contributed by atoms with Gasteiger partial charge in [-0.05, 0) is 23.7 Å². The molecule has 16 heavy (non-hydrogen) atoms. The summed E-state index contributed by atoms with van der Waals surface area (Å²) in [6, 6.07) is 2.72. The van der Waals surface area contributed by atoms with Crippen LogP contribution in [0.2, 0.25) is 0 Å². The number of aromatic nitrogens is 2. The van der Waals surface area contributed by atoms with E-state index in [2.05, 4.69) is 42.1 Å². The molecular formula is C12H21N3S. The van der Waals surface area contributed by atoms with Crippen molar-refractivity contribution in [3.8, 4) is 0 Å². The summed E-state index contributed by atoms with van der Waals surface area (Å²) < 4.78 is 1.94. The van der Waals surface area contributed by atoms with Crippen LogP contribution in [0.4, 0.5) is 0 Å². The normalized spacial score (nSPS) is 24.6. The maximum atomic E-state index is 4.18. The number of thioether (sulfide) groups is 1. The molecule has 0 aliphatic carbocycles. The van der Waals surface area contributed by atoms with Crippen molar-refractivity contribution in [1.29, 1.82) is 0 Å². The van der Waals surface area contributed by atoms with Crippen LogP contribution in [-0.2, 0) is 13.6 Å². The number of aryl methyl sites for hydroxylation is 1. The first kappa shape index (κ1) is 12.0. The Morgan fingerprint density at radius 2 is 2.44 bits per heavy atom. The number of nitrogens with zero attached hydrogens (tertiary/aromatic N) is 2. The van der Waals surface area contributed by atoms with Crippen molar-refractivity contribution < 1.29 is 0 Å². The molecule has 1 aromatic heterocycles. The van der Waals surface area contributed by atoms with Gasteiger partial charge in [0.2, 0.25) is 0 Å². The van der Waals surface area contributed by atoms with E-state index in [-0.39, 0.29) is 0 Å². The van der Waals surface area contributed by atoms with Gasteiger partial charge in [-0.2, -0.15) is 16.9 Å². The van der Waals surface area contributed by atoms with Gasteiger partial charge in [-0.25, -0.2) is 0 Å². The lowest BCUT2D eigenvalue weighted by Crippen LogP contribution is -2.40. The van der Waals surface area contributed by atoms with Gasteiger partial charge in [-0.15, -0.1) is 0 Å². The van der Waals surface area contributed by atoms with E-state index >= 15 is 0 Å². The summed E-state index contributed by atoms with van der Waals surface area (Å²) in [7, 11) is 2.00. The quantitative estimate of drug-likeness (QED) is 0.875. The molecule has 3 nitrogen and oxygen atoms in total. The van der Waals surface area contributed by atoms with Gasteiger partial charge in [-0.3, -0.25) is 4.68 Å². The molecule has 0 aromatic carbocycles. The molecule has 2 rings (SSSR count). The minimum Gasteiger partial charge on any atom is -0.308 e. The van der Waals surface area contributed by atoms with E-state index in [4.69, 9.17) is 0 Å². The van der Waals surface area contributed by atoms with Crippen LogP contribution in [0.5, 0.6) is 0 Å². The molecule has 90 valence electrons. The van der Waals surface area contributed by atoms with Gasteiger partial charge in [-0.1, -0.05) is 13.8 Å². The van der Waals surface area contributed by atoms with Crippen LogP contribution >= 0.6 is 11.8 Å². The summed E-state index contributed by atoms with van der Waals surface area (Å²) in [4.78, 5) is 0. The molecule has 4 heteroatoms. The third-order valence-electron chi connectivity index (χ3n) is 3.11. The highest BCUT2D eigenvalue weighted by Gasteiger charge is 2.28. The van der Waals surface area contributed by atoms with Crippen LogP contribution in [0.25, 0.3) is 0 Å². The molecule has 1 fully saturated rings. The van der Waals surface area contributed by atoms with Crippen LogP contribution in [0.3, 0.4) is 0 Å². The largest absolute Gasteiger partial charge is 0.308 e. The molecule has 1 saturated heterocycles. The first-order valence-electron chi connectivity index (χ1n) is 5.85. The first-order chi connectivity index (χ1) is 7.57. The predicted molar refractivity (Wildman–Crippen MR) is 69.6 cm³/mol. The summed E-state index contributed by atoms with van der Waals surface area (Å²) in [6.45, 7) is 5.65. The summed E-state index contributed by atoms with van der Waals surface area (Å²) in [6.07, 6.45) is 3.13. The Kier molecular flexibility index (Phi) is 3.60. The molecule has 2 heterocycles. The molecule has 1 aliphatic rings. The van der Waals surface area contributed by atoms with Gasteiger partial charge in [0, 0.05) is 31.6 Å². The van der Waals surface area contributed by atoms with Gasteiger partial charge < -0.3 is 5.32 Å². The molecule has 0 spiro atoms. The van der Waals surface area contributed by atoms with Crippen molar-refractivity contribution in [2.24, 2.45) is 12.5 Å². The van der Waals surface area contributed by atoms with Crippen LogP contribution in [0, 0.1) is 5.41 Å². The second kappa shape index (κ2) is 4.80. The average molecular weight is 239 g/mol. The topological polar surface area (TPSA) is 29.9 Å². The number of hydrogen-bond acceptors (Lipinski definition) is 3. The second-order valence-corrected chi connectivity index (χ2v) is 6.44. The monoisotopic (exact) mass is 239 g/mol. The van der Waals surface area contributed by atoms with Crippen LogP contribution in [0.15, 0.2) is 12.3 Å². The highest BCUT2D eigenvalue weighted by Crippen LogP contribution is 2.33. The summed E-state index contributed by atoms with van der Waals surface area (Å²) >= 11 is 2.07. The van der Waals surface area contributed by atoms with Gasteiger partial charge in [0.1, 0.15) is 0 Å². The van der Waals surface area contributed by atoms with E-state index in [1.165, 1.54) is 23.6 Å². The Bertz CT molecular complexity index is 346. The van der Waals surface area contributed by atoms with Gasteiger partial charge in [0.15, 0.2) is 0 Å². The van der Waals surface area contributed by atoms with Crippen molar-refractivity contribution in [1.82, 2.24) is 15.1 Å².